The van der Waals surface area contributed by atoms with Crippen molar-refractivity contribution in [2.45, 2.75) is 37.8 Å². The molecule has 4 heteroatoms. The molecule has 0 spiro atoms. The summed E-state index contributed by atoms with van der Waals surface area (Å²) in [6.45, 7) is 1.84. The van der Waals surface area contributed by atoms with E-state index in [9.17, 15) is 9.50 Å². The first-order valence-electron chi connectivity index (χ1n) is 6.31. The Morgan fingerprint density at radius 1 is 1.56 bits per heavy atom. The zero-order valence-corrected chi connectivity index (χ0v) is 10.9. The molecule has 0 aliphatic heterocycles. The van der Waals surface area contributed by atoms with Crippen LogP contribution in [-0.4, -0.2) is 30.4 Å². The Kier molecular flexibility index (Phi) is 3.88. The largest absolute Gasteiger partial charge is 0.490 e. The molecule has 0 saturated heterocycles. The van der Waals surface area contributed by atoms with Crippen molar-refractivity contribution >= 4 is 0 Å². The summed E-state index contributed by atoms with van der Waals surface area (Å²) in [6.07, 6.45) is 2.65. The van der Waals surface area contributed by atoms with Crippen LogP contribution < -0.4 is 10.1 Å². The zero-order valence-electron chi connectivity index (χ0n) is 10.9. The molecule has 2 unspecified atom stereocenters. The lowest BCUT2D eigenvalue weighted by molar-refractivity contribution is 0.146. The fourth-order valence-electron chi connectivity index (χ4n) is 2.51. The zero-order chi connectivity index (χ0) is 13.2. The van der Waals surface area contributed by atoms with Crippen molar-refractivity contribution in [3.63, 3.8) is 0 Å². The van der Waals surface area contributed by atoms with Gasteiger partial charge in [0.15, 0.2) is 0 Å². The normalized spacial score (nSPS) is 27.4. The lowest BCUT2D eigenvalue weighted by Crippen LogP contribution is -2.44. The maximum Gasteiger partial charge on any atom is 0.126 e. The van der Waals surface area contributed by atoms with Crippen LogP contribution in [0.4, 0.5) is 4.39 Å². The summed E-state index contributed by atoms with van der Waals surface area (Å²) in [5.41, 5.74) is 0.368. The highest BCUT2D eigenvalue weighted by Gasteiger charge is 2.38. The molecule has 18 heavy (non-hydrogen) atoms. The Hall–Kier alpha value is -1.13. The molecule has 2 atom stereocenters. The van der Waals surface area contributed by atoms with Crippen LogP contribution in [0.3, 0.4) is 0 Å². The first kappa shape index (κ1) is 13.3. The van der Waals surface area contributed by atoms with Gasteiger partial charge in [-0.1, -0.05) is 0 Å². The van der Waals surface area contributed by atoms with Gasteiger partial charge < -0.3 is 15.2 Å². The molecule has 1 aromatic carbocycles. The average Bonchev–Trinajstić information content (AvgIpc) is 2.78. The number of aryl methyl sites for hydroxylation is 1. The number of benzene rings is 1. The highest BCUT2D eigenvalue weighted by atomic mass is 19.1. The Labute approximate surface area is 107 Å². The van der Waals surface area contributed by atoms with Crippen molar-refractivity contribution in [3.8, 4) is 5.75 Å². The molecule has 1 fully saturated rings. The standard InChI is InChI=1S/C14H20FNO2/c1-10-7-11(3-4-13(10)15)18-12-5-6-14(8-12,9-17)16-2/h3-4,7,12,16-17H,5-6,8-9H2,1-2H3. The molecule has 1 aliphatic carbocycles. The third-order valence-electron chi connectivity index (χ3n) is 3.83. The van der Waals surface area contributed by atoms with Gasteiger partial charge in [0, 0.05) is 12.0 Å². The number of hydrogen-bond acceptors (Lipinski definition) is 3. The Morgan fingerprint density at radius 2 is 2.33 bits per heavy atom. The molecule has 0 radical (unpaired) electrons. The highest BCUT2D eigenvalue weighted by Crippen LogP contribution is 2.32. The molecule has 2 N–H and O–H groups in total. The number of nitrogens with one attached hydrogen (secondary N) is 1. The Morgan fingerprint density at radius 3 is 2.89 bits per heavy atom. The second-order valence-corrected chi connectivity index (χ2v) is 5.08. The van der Waals surface area contributed by atoms with Crippen LogP contribution in [0, 0.1) is 12.7 Å². The predicted molar refractivity (Wildman–Crippen MR) is 68.3 cm³/mol. The van der Waals surface area contributed by atoms with Crippen LogP contribution in [0.2, 0.25) is 0 Å². The minimum Gasteiger partial charge on any atom is -0.490 e. The van der Waals surface area contributed by atoms with Gasteiger partial charge in [0.1, 0.15) is 17.7 Å². The van der Waals surface area contributed by atoms with Gasteiger partial charge >= 0.3 is 0 Å². The van der Waals surface area contributed by atoms with Gasteiger partial charge in [0.25, 0.3) is 0 Å². The van der Waals surface area contributed by atoms with E-state index in [0.717, 1.165) is 19.3 Å². The number of rotatable bonds is 4. The summed E-state index contributed by atoms with van der Waals surface area (Å²) in [4.78, 5) is 0. The molecule has 1 saturated carbocycles. The summed E-state index contributed by atoms with van der Waals surface area (Å²) in [7, 11) is 1.86. The van der Waals surface area contributed by atoms with Crippen molar-refractivity contribution in [2.75, 3.05) is 13.7 Å². The summed E-state index contributed by atoms with van der Waals surface area (Å²) < 4.78 is 19.0. The van der Waals surface area contributed by atoms with Gasteiger partial charge in [-0.15, -0.1) is 0 Å². The number of aliphatic hydroxyl groups is 1. The van der Waals surface area contributed by atoms with E-state index in [1.165, 1.54) is 6.07 Å². The van der Waals surface area contributed by atoms with Crippen molar-refractivity contribution in [3.05, 3.63) is 29.6 Å². The van der Waals surface area contributed by atoms with E-state index in [4.69, 9.17) is 4.74 Å². The van der Waals surface area contributed by atoms with E-state index >= 15 is 0 Å². The number of hydrogen-bond donors (Lipinski definition) is 2. The third kappa shape index (κ3) is 2.65. The molecule has 1 aromatic rings. The van der Waals surface area contributed by atoms with Crippen LogP contribution in [-0.2, 0) is 0 Å². The fourth-order valence-corrected chi connectivity index (χ4v) is 2.51. The first-order valence-corrected chi connectivity index (χ1v) is 6.31. The summed E-state index contributed by atoms with van der Waals surface area (Å²) in [5, 5.41) is 12.6. The smallest absolute Gasteiger partial charge is 0.126 e. The van der Waals surface area contributed by atoms with E-state index in [1.54, 1.807) is 19.1 Å². The average molecular weight is 253 g/mol. The van der Waals surface area contributed by atoms with Crippen molar-refractivity contribution in [1.29, 1.82) is 0 Å². The van der Waals surface area contributed by atoms with Gasteiger partial charge in [-0.05, 0) is 50.6 Å². The van der Waals surface area contributed by atoms with E-state index in [-0.39, 0.29) is 24.1 Å². The quantitative estimate of drug-likeness (QED) is 0.862. The SMILES string of the molecule is CNC1(CO)CCC(Oc2ccc(F)c(C)c2)C1. The monoisotopic (exact) mass is 253 g/mol. The van der Waals surface area contributed by atoms with Crippen molar-refractivity contribution in [2.24, 2.45) is 0 Å². The van der Waals surface area contributed by atoms with Crippen LogP contribution in [0.25, 0.3) is 0 Å². The predicted octanol–water partition coefficient (Wildman–Crippen LogP) is 2.02. The van der Waals surface area contributed by atoms with Gasteiger partial charge in [-0.3, -0.25) is 0 Å². The molecule has 0 aromatic heterocycles. The van der Waals surface area contributed by atoms with Gasteiger partial charge in [-0.2, -0.15) is 0 Å². The fraction of sp³-hybridized carbons (Fsp3) is 0.571. The molecule has 0 amide bonds. The van der Waals surface area contributed by atoms with Crippen molar-refractivity contribution < 1.29 is 14.2 Å². The number of likely N-dealkylation sites (N-methyl/N-ethyl adjacent to an activating group) is 1. The first-order chi connectivity index (χ1) is 8.58. The van der Waals surface area contributed by atoms with Gasteiger partial charge in [0.2, 0.25) is 0 Å². The Bertz CT molecular complexity index is 418. The van der Waals surface area contributed by atoms with Gasteiger partial charge in [0.05, 0.1) is 6.61 Å². The van der Waals surface area contributed by atoms with E-state index in [2.05, 4.69) is 5.32 Å². The number of aliphatic hydroxyl groups excluding tert-OH is 1. The third-order valence-corrected chi connectivity index (χ3v) is 3.83. The van der Waals surface area contributed by atoms with E-state index in [0.29, 0.717) is 11.3 Å². The minimum atomic E-state index is -0.222. The minimum absolute atomic E-state index is 0.0782. The van der Waals surface area contributed by atoms with Gasteiger partial charge in [-0.25, -0.2) is 4.39 Å². The van der Waals surface area contributed by atoms with Crippen LogP contribution in [0.5, 0.6) is 5.75 Å². The second kappa shape index (κ2) is 5.24. The number of halogens is 1. The van der Waals surface area contributed by atoms with Crippen LogP contribution >= 0.6 is 0 Å². The van der Waals surface area contributed by atoms with Crippen molar-refractivity contribution in [1.82, 2.24) is 5.32 Å². The molecule has 0 heterocycles. The number of ether oxygens (including phenoxy) is 1. The van der Waals surface area contributed by atoms with E-state index < -0.39 is 0 Å². The molecule has 1 aliphatic rings. The summed E-state index contributed by atoms with van der Waals surface area (Å²) >= 11 is 0. The van der Waals surface area contributed by atoms with Crippen LogP contribution in [0.1, 0.15) is 24.8 Å². The molecule has 3 nitrogen and oxygen atoms in total. The topological polar surface area (TPSA) is 41.5 Å². The maximum absolute atomic E-state index is 13.1. The molecule has 0 bridgehead atoms. The van der Waals surface area contributed by atoms with E-state index in [1.807, 2.05) is 7.05 Å². The summed E-state index contributed by atoms with van der Waals surface area (Å²) in [6, 6.07) is 4.80. The van der Waals surface area contributed by atoms with Crippen LogP contribution in [0.15, 0.2) is 18.2 Å². The molecule has 100 valence electrons. The molecular weight excluding hydrogens is 233 g/mol. The highest BCUT2D eigenvalue weighted by molar-refractivity contribution is 5.29. The second-order valence-electron chi connectivity index (χ2n) is 5.08. The maximum atomic E-state index is 13.1. The Balaban J connectivity index is 2.01. The lowest BCUT2D eigenvalue weighted by Gasteiger charge is -2.26. The summed E-state index contributed by atoms with van der Waals surface area (Å²) in [5.74, 6) is 0.484. The molecular formula is C14H20FNO2. The lowest BCUT2D eigenvalue weighted by atomic mass is 9.99. The molecule has 2 rings (SSSR count).